The molecule has 1 aliphatic rings. The molecule has 1 heterocycles. The third-order valence-electron chi connectivity index (χ3n) is 5.97. The van der Waals surface area contributed by atoms with E-state index in [4.69, 9.17) is 4.74 Å². The quantitative estimate of drug-likeness (QED) is 0.431. The van der Waals surface area contributed by atoms with Crippen LogP contribution in [0.15, 0.2) is 24.4 Å². The Morgan fingerprint density at radius 2 is 1.90 bits per heavy atom. The van der Waals surface area contributed by atoms with Gasteiger partial charge < -0.3 is 4.74 Å². The molecule has 0 saturated heterocycles. The van der Waals surface area contributed by atoms with Gasteiger partial charge in [-0.05, 0) is 74.6 Å². The lowest BCUT2D eigenvalue weighted by atomic mass is 9.72. The Labute approximate surface area is 167 Å². The second-order valence-electron chi connectivity index (χ2n) is 7.63. The van der Waals surface area contributed by atoms with Crippen LogP contribution in [0.1, 0.15) is 63.0 Å². The van der Waals surface area contributed by atoms with E-state index in [9.17, 15) is 22.4 Å². The average Bonchev–Trinajstić information content (AvgIpc) is 2.68. The second-order valence-corrected chi connectivity index (χ2v) is 7.63. The van der Waals surface area contributed by atoms with Crippen molar-refractivity contribution in [1.82, 2.24) is 4.98 Å². The van der Waals surface area contributed by atoms with Crippen molar-refractivity contribution in [1.29, 1.82) is 0 Å². The number of fused-ring (bicyclic) bond motifs is 1. The molecule has 0 spiro atoms. The molecule has 1 aromatic carbocycles. The Morgan fingerprint density at radius 1 is 1.21 bits per heavy atom. The molecule has 0 aliphatic heterocycles. The van der Waals surface area contributed by atoms with Crippen molar-refractivity contribution < 1.29 is 27.1 Å². The molecule has 3 nitrogen and oxygen atoms in total. The first-order valence-electron chi connectivity index (χ1n) is 10.1. The molecule has 1 fully saturated rings. The molecule has 1 saturated carbocycles. The highest BCUT2D eigenvalue weighted by Gasteiger charge is 2.34. The fourth-order valence-electron chi connectivity index (χ4n) is 4.53. The number of hydrogen-bond acceptors (Lipinski definition) is 3. The van der Waals surface area contributed by atoms with E-state index in [1.165, 1.54) is 6.20 Å². The maximum Gasteiger partial charge on any atom is 0.416 e. The van der Waals surface area contributed by atoms with Gasteiger partial charge >= 0.3 is 12.1 Å². The fourth-order valence-corrected chi connectivity index (χ4v) is 4.53. The molecule has 1 unspecified atom stereocenters. The monoisotopic (exact) mass is 411 g/mol. The maximum atomic E-state index is 14.3. The van der Waals surface area contributed by atoms with Crippen LogP contribution in [0.2, 0.25) is 0 Å². The minimum Gasteiger partial charge on any atom is -0.466 e. The number of aromatic nitrogens is 1. The molecule has 3 rings (SSSR count). The lowest BCUT2D eigenvalue weighted by Gasteiger charge is -2.33. The predicted octanol–water partition coefficient (Wildman–Crippen LogP) is 6.26. The van der Waals surface area contributed by atoms with Crippen molar-refractivity contribution in [3.63, 3.8) is 0 Å². The van der Waals surface area contributed by atoms with E-state index in [1.807, 2.05) is 6.92 Å². The molecular weight excluding hydrogens is 386 g/mol. The zero-order valence-corrected chi connectivity index (χ0v) is 16.6. The minimum absolute atomic E-state index is 0.0133. The number of carbonyl (C=O) groups is 1. The largest absolute Gasteiger partial charge is 0.466 e. The molecule has 2 aromatic rings. The van der Waals surface area contributed by atoms with E-state index in [0.717, 1.165) is 31.7 Å². The van der Waals surface area contributed by atoms with E-state index >= 15 is 0 Å². The van der Waals surface area contributed by atoms with E-state index in [-0.39, 0.29) is 34.6 Å². The molecular formula is C22H25F4NO2. The van der Waals surface area contributed by atoms with Crippen LogP contribution in [-0.4, -0.2) is 17.6 Å². The smallest absolute Gasteiger partial charge is 0.416 e. The summed E-state index contributed by atoms with van der Waals surface area (Å²) in [4.78, 5) is 16.1. The van der Waals surface area contributed by atoms with Crippen molar-refractivity contribution in [3.8, 4) is 0 Å². The number of hydrogen-bond donors (Lipinski definition) is 0. The Bertz CT molecular complexity index is 873. The number of alkyl halides is 3. The summed E-state index contributed by atoms with van der Waals surface area (Å²) in [6.07, 6.45) is 0.573. The van der Waals surface area contributed by atoms with E-state index in [1.54, 1.807) is 13.0 Å². The normalized spacial score (nSPS) is 21.2. The number of halogens is 4. The van der Waals surface area contributed by atoms with Gasteiger partial charge in [-0.1, -0.05) is 6.92 Å². The number of carbonyl (C=O) groups excluding carboxylic acids is 1. The highest BCUT2D eigenvalue weighted by atomic mass is 19.4. The Kier molecular flexibility index (Phi) is 6.44. The highest BCUT2D eigenvalue weighted by molar-refractivity contribution is 5.84. The number of pyridine rings is 1. The molecule has 7 heteroatoms. The average molecular weight is 411 g/mol. The van der Waals surface area contributed by atoms with Gasteiger partial charge in [-0.2, -0.15) is 13.2 Å². The summed E-state index contributed by atoms with van der Waals surface area (Å²) in [5.74, 6) is -1.08. The number of nitrogens with zero attached hydrogens (tertiary/aromatic N) is 1. The number of benzene rings is 1. The zero-order valence-electron chi connectivity index (χ0n) is 16.6. The van der Waals surface area contributed by atoms with Gasteiger partial charge in [0.15, 0.2) is 0 Å². The van der Waals surface area contributed by atoms with Crippen molar-refractivity contribution in [3.05, 3.63) is 41.3 Å². The topological polar surface area (TPSA) is 39.2 Å². The molecule has 0 bridgehead atoms. The van der Waals surface area contributed by atoms with Crippen LogP contribution in [-0.2, 0) is 15.7 Å². The summed E-state index contributed by atoms with van der Waals surface area (Å²) >= 11 is 0. The van der Waals surface area contributed by atoms with Gasteiger partial charge in [0.05, 0.1) is 18.1 Å². The highest BCUT2D eigenvalue weighted by Crippen LogP contribution is 2.43. The predicted molar refractivity (Wildman–Crippen MR) is 102 cm³/mol. The van der Waals surface area contributed by atoms with Crippen LogP contribution in [0.4, 0.5) is 17.6 Å². The van der Waals surface area contributed by atoms with Gasteiger partial charge in [-0.3, -0.25) is 9.78 Å². The van der Waals surface area contributed by atoms with Crippen LogP contribution in [0.25, 0.3) is 10.9 Å². The summed E-state index contributed by atoms with van der Waals surface area (Å²) < 4.78 is 58.9. The zero-order chi connectivity index (χ0) is 21.2. The van der Waals surface area contributed by atoms with Crippen LogP contribution >= 0.6 is 0 Å². The summed E-state index contributed by atoms with van der Waals surface area (Å²) in [6, 6.07) is 3.19. The fraction of sp³-hybridized carbons (Fsp3) is 0.545. The molecule has 1 aromatic heterocycles. The number of rotatable bonds is 5. The Balaban J connectivity index is 1.85. The van der Waals surface area contributed by atoms with Crippen LogP contribution in [0.3, 0.4) is 0 Å². The number of esters is 1. The first-order chi connectivity index (χ1) is 13.8. The molecule has 1 aliphatic carbocycles. The van der Waals surface area contributed by atoms with E-state index in [0.29, 0.717) is 24.7 Å². The molecule has 0 amide bonds. The Morgan fingerprint density at radius 3 is 2.48 bits per heavy atom. The standard InChI is InChI=1S/C22H25F4NO2/c1-3-16(21(28)29-4-2)13-5-7-14(8-6-13)17-9-10-27-20-18(17)11-15(12-19(20)23)22(24,25)26/h9-14,16H,3-8H2,1-2H3. The third kappa shape index (κ3) is 4.54. The maximum absolute atomic E-state index is 14.3. The van der Waals surface area contributed by atoms with Crippen LogP contribution in [0, 0.1) is 17.7 Å². The molecule has 29 heavy (non-hydrogen) atoms. The SMILES string of the molecule is CCOC(=O)C(CC)C1CCC(c2ccnc3c(F)cc(C(F)(F)F)cc23)CC1. The lowest BCUT2D eigenvalue weighted by Crippen LogP contribution is -2.28. The van der Waals surface area contributed by atoms with Gasteiger partial charge in [0, 0.05) is 11.6 Å². The van der Waals surface area contributed by atoms with Gasteiger partial charge in [0.1, 0.15) is 11.3 Å². The van der Waals surface area contributed by atoms with Gasteiger partial charge in [0.2, 0.25) is 0 Å². The van der Waals surface area contributed by atoms with Crippen LogP contribution in [0.5, 0.6) is 0 Å². The third-order valence-corrected chi connectivity index (χ3v) is 5.97. The molecule has 0 N–H and O–H groups in total. The van der Waals surface area contributed by atoms with Crippen molar-refractivity contribution in [2.24, 2.45) is 11.8 Å². The second kappa shape index (κ2) is 8.67. The first kappa shape index (κ1) is 21.5. The van der Waals surface area contributed by atoms with Gasteiger partial charge in [0.25, 0.3) is 0 Å². The summed E-state index contributed by atoms with van der Waals surface area (Å²) in [7, 11) is 0. The molecule has 1 atom stereocenters. The van der Waals surface area contributed by atoms with E-state index in [2.05, 4.69) is 4.98 Å². The van der Waals surface area contributed by atoms with Crippen molar-refractivity contribution in [2.75, 3.05) is 6.61 Å². The van der Waals surface area contributed by atoms with Crippen molar-refractivity contribution in [2.45, 2.75) is 58.0 Å². The summed E-state index contributed by atoms with van der Waals surface area (Å²) in [5, 5.41) is 0.223. The van der Waals surface area contributed by atoms with Gasteiger partial charge in [-0.25, -0.2) is 4.39 Å². The summed E-state index contributed by atoms with van der Waals surface area (Å²) in [6.45, 7) is 4.09. The van der Waals surface area contributed by atoms with Crippen molar-refractivity contribution >= 4 is 16.9 Å². The van der Waals surface area contributed by atoms with Gasteiger partial charge in [-0.15, -0.1) is 0 Å². The first-order valence-corrected chi connectivity index (χ1v) is 10.1. The molecule has 158 valence electrons. The Hall–Kier alpha value is -2.18. The van der Waals surface area contributed by atoms with E-state index < -0.39 is 17.6 Å². The lowest BCUT2D eigenvalue weighted by molar-refractivity contribution is -0.150. The molecule has 0 radical (unpaired) electrons. The number of ether oxygens (including phenoxy) is 1. The van der Waals surface area contributed by atoms with Crippen LogP contribution < -0.4 is 0 Å². The minimum atomic E-state index is -4.62. The summed E-state index contributed by atoms with van der Waals surface area (Å²) in [5.41, 5.74) is -0.336.